The molecule has 8 heteroatoms. The lowest BCUT2D eigenvalue weighted by Gasteiger charge is -2.32. The van der Waals surface area contributed by atoms with Crippen molar-refractivity contribution in [3.8, 4) is 16.9 Å². The van der Waals surface area contributed by atoms with Gasteiger partial charge in [0, 0.05) is 16.7 Å². The molecule has 0 saturated heterocycles. The molecular formula is C41H55FO7. The molecule has 4 rings (SSSR count). The fourth-order valence-electron chi connectivity index (χ4n) is 7.29. The quantitative estimate of drug-likeness (QED) is 0.0992. The average Bonchev–Trinajstić information content (AvgIpc) is 3.65. The second kappa shape index (κ2) is 18.0. The summed E-state index contributed by atoms with van der Waals surface area (Å²) in [6.45, 7) is 11.1. The Bertz CT molecular complexity index is 1460. The number of aliphatic hydroxyl groups excluding tert-OH is 2. The minimum absolute atomic E-state index is 0.143. The Balaban J connectivity index is 1.57. The van der Waals surface area contributed by atoms with Crippen LogP contribution in [0.1, 0.15) is 101 Å². The number of benzene rings is 2. The first-order valence-electron chi connectivity index (χ1n) is 18.0. The van der Waals surface area contributed by atoms with Crippen molar-refractivity contribution in [1.29, 1.82) is 0 Å². The van der Waals surface area contributed by atoms with Crippen molar-refractivity contribution in [1.82, 2.24) is 0 Å². The van der Waals surface area contributed by atoms with Gasteiger partial charge in [0.1, 0.15) is 24.8 Å². The predicted molar refractivity (Wildman–Crippen MR) is 190 cm³/mol. The van der Waals surface area contributed by atoms with Crippen LogP contribution in [-0.4, -0.2) is 55.2 Å². The van der Waals surface area contributed by atoms with Crippen LogP contribution in [0, 0.1) is 23.1 Å². The number of carbonyl (C=O) groups is 2. The van der Waals surface area contributed by atoms with E-state index >= 15 is 4.39 Å². The Morgan fingerprint density at radius 1 is 0.837 bits per heavy atom. The highest BCUT2D eigenvalue weighted by Crippen LogP contribution is 2.44. The molecule has 0 bridgehead atoms. The first-order valence-corrected chi connectivity index (χ1v) is 18.0. The lowest BCUT2D eigenvalue weighted by Crippen LogP contribution is -2.41. The predicted octanol–water partition coefficient (Wildman–Crippen LogP) is 8.04. The van der Waals surface area contributed by atoms with Crippen molar-refractivity contribution in [3.63, 3.8) is 0 Å². The summed E-state index contributed by atoms with van der Waals surface area (Å²) < 4.78 is 32.9. The summed E-state index contributed by atoms with van der Waals surface area (Å²) in [5, 5.41) is 20.4. The molecule has 0 amide bonds. The maximum atomic E-state index is 16.0. The number of rotatable bonds is 17. The molecule has 49 heavy (non-hydrogen) atoms. The van der Waals surface area contributed by atoms with E-state index in [-0.39, 0.29) is 31.2 Å². The van der Waals surface area contributed by atoms with Gasteiger partial charge in [-0.15, -0.1) is 0 Å². The smallest absolute Gasteiger partial charge is 0.333 e. The van der Waals surface area contributed by atoms with Gasteiger partial charge < -0.3 is 24.4 Å². The van der Waals surface area contributed by atoms with Gasteiger partial charge >= 0.3 is 11.9 Å². The van der Waals surface area contributed by atoms with E-state index in [1.807, 2.05) is 25.1 Å². The number of halogens is 1. The number of ether oxygens (including phenoxy) is 3. The highest BCUT2D eigenvalue weighted by atomic mass is 19.1. The lowest BCUT2D eigenvalue weighted by atomic mass is 9.73. The van der Waals surface area contributed by atoms with Gasteiger partial charge in [-0.2, -0.15) is 0 Å². The Morgan fingerprint density at radius 2 is 1.47 bits per heavy atom. The standard InChI is InChI=1S/C41H55FO7/c1-6-29-22-38(48-25-41(23-43,24-44)26-49-40(46)28(4)5)34(12-9-19-47-39(45)27(2)3)20-36(29)35-18-17-33(21-37(35)42)32-15-13-31(14-16-32)30-10-7-8-11-30/h17-18,20-22,30-32,43-44H,2,4,6-16,19,23-26H2,1,3,5H3. The minimum Gasteiger partial charge on any atom is -0.492 e. The SMILES string of the molecule is C=C(C)C(=O)OCCCc1cc(-c2ccc(C3CCC(C4CCCC4)CC3)cc2F)c(CC)cc1OCC(CO)(CO)COC(=O)C(=C)C. The molecule has 7 nitrogen and oxygen atoms in total. The van der Waals surface area contributed by atoms with E-state index in [0.29, 0.717) is 42.1 Å². The van der Waals surface area contributed by atoms with E-state index in [4.69, 9.17) is 14.2 Å². The van der Waals surface area contributed by atoms with Crippen LogP contribution in [0.4, 0.5) is 4.39 Å². The molecule has 2 aromatic carbocycles. The van der Waals surface area contributed by atoms with Gasteiger partial charge in [0.15, 0.2) is 0 Å². The molecule has 0 atom stereocenters. The van der Waals surface area contributed by atoms with Crippen LogP contribution in [0.5, 0.6) is 5.75 Å². The number of aliphatic hydroxyl groups is 2. The van der Waals surface area contributed by atoms with Gasteiger partial charge in [-0.25, -0.2) is 14.0 Å². The van der Waals surface area contributed by atoms with Crippen molar-refractivity contribution in [2.75, 3.05) is 33.0 Å². The van der Waals surface area contributed by atoms with E-state index < -0.39 is 30.6 Å². The second-order valence-corrected chi connectivity index (χ2v) is 14.3. The van der Waals surface area contributed by atoms with Crippen LogP contribution in [0.25, 0.3) is 11.1 Å². The van der Waals surface area contributed by atoms with Crippen LogP contribution in [-0.2, 0) is 31.9 Å². The molecule has 2 aliphatic rings. The third-order valence-corrected chi connectivity index (χ3v) is 10.5. The molecular weight excluding hydrogens is 623 g/mol. The molecule has 0 aromatic heterocycles. The Hall–Kier alpha value is -3.49. The van der Waals surface area contributed by atoms with Gasteiger partial charge in [-0.3, -0.25) is 0 Å². The van der Waals surface area contributed by atoms with Gasteiger partial charge in [0.25, 0.3) is 0 Å². The highest BCUT2D eigenvalue weighted by molar-refractivity contribution is 5.87. The van der Waals surface area contributed by atoms with E-state index in [9.17, 15) is 19.8 Å². The van der Waals surface area contributed by atoms with E-state index in [1.165, 1.54) is 45.4 Å². The molecule has 0 heterocycles. The fraction of sp³-hybridized carbons (Fsp3) is 0.561. The number of aryl methyl sites for hydroxylation is 2. The summed E-state index contributed by atoms with van der Waals surface area (Å²) in [5.74, 6) is 1.25. The van der Waals surface area contributed by atoms with Crippen molar-refractivity contribution in [2.45, 2.75) is 97.3 Å². The molecule has 2 saturated carbocycles. The Kier molecular flexibility index (Phi) is 14.0. The highest BCUT2D eigenvalue weighted by Gasteiger charge is 2.33. The number of carbonyl (C=O) groups excluding carboxylic acids is 2. The Morgan fingerprint density at radius 3 is 2.06 bits per heavy atom. The monoisotopic (exact) mass is 678 g/mol. The van der Waals surface area contributed by atoms with E-state index in [2.05, 4.69) is 19.2 Å². The summed E-state index contributed by atoms with van der Waals surface area (Å²) in [6, 6.07) is 9.52. The largest absolute Gasteiger partial charge is 0.492 e. The third-order valence-electron chi connectivity index (χ3n) is 10.5. The lowest BCUT2D eigenvalue weighted by molar-refractivity contribution is -0.146. The molecule has 2 aromatic rings. The molecule has 268 valence electrons. The second-order valence-electron chi connectivity index (χ2n) is 14.3. The van der Waals surface area contributed by atoms with E-state index in [0.717, 1.165) is 46.9 Å². The van der Waals surface area contributed by atoms with Crippen LogP contribution in [0.15, 0.2) is 54.6 Å². The fourth-order valence-corrected chi connectivity index (χ4v) is 7.29. The zero-order valence-electron chi connectivity index (χ0n) is 29.7. The molecule has 0 radical (unpaired) electrons. The maximum absolute atomic E-state index is 16.0. The summed E-state index contributed by atoms with van der Waals surface area (Å²) in [4.78, 5) is 24.0. The summed E-state index contributed by atoms with van der Waals surface area (Å²) in [5.41, 5.74) is 3.26. The molecule has 2 aliphatic carbocycles. The maximum Gasteiger partial charge on any atom is 0.333 e. The minimum atomic E-state index is -1.26. The number of hydrogen-bond acceptors (Lipinski definition) is 7. The van der Waals surface area contributed by atoms with Crippen molar-refractivity contribution < 1.29 is 38.4 Å². The first-order chi connectivity index (χ1) is 23.5. The van der Waals surface area contributed by atoms with Crippen LogP contribution in [0.3, 0.4) is 0 Å². The Labute approximate surface area is 291 Å². The number of hydrogen-bond donors (Lipinski definition) is 2. The molecule has 2 N–H and O–H groups in total. The molecule has 0 unspecified atom stereocenters. The van der Waals surface area contributed by atoms with Gasteiger partial charge in [-0.05, 0) is 117 Å². The average molecular weight is 679 g/mol. The third kappa shape index (κ3) is 10.0. The van der Waals surface area contributed by atoms with Gasteiger partial charge in [0.2, 0.25) is 0 Å². The van der Waals surface area contributed by atoms with Gasteiger partial charge in [0.05, 0.1) is 25.2 Å². The van der Waals surface area contributed by atoms with Crippen LogP contribution in [0.2, 0.25) is 0 Å². The summed E-state index contributed by atoms with van der Waals surface area (Å²) in [6.07, 6.45) is 11.7. The normalized spacial score (nSPS) is 18.2. The van der Waals surface area contributed by atoms with Gasteiger partial charge in [-0.1, -0.05) is 57.9 Å². The van der Waals surface area contributed by atoms with E-state index in [1.54, 1.807) is 13.0 Å². The topological polar surface area (TPSA) is 102 Å². The zero-order chi connectivity index (χ0) is 35.6. The molecule has 0 spiro atoms. The van der Waals surface area contributed by atoms with Crippen molar-refractivity contribution in [3.05, 3.63) is 77.1 Å². The molecule has 0 aliphatic heterocycles. The van der Waals surface area contributed by atoms with Crippen molar-refractivity contribution in [2.24, 2.45) is 17.3 Å². The first kappa shape index (κ1) is 38.3. The van der Waals surface area contributed by atoms with Crippen molar-refractivity contribution >= 4 is 11.9 Å². The summed E-state index contributed by atoms with van der Waals surface area (Å²) in [7, 11) is 0. The molecule has 2 fully saturated rings. The number of esters is 2. The zero-order valence-corrected chi connectivity index (χ0v) is 29.7. The summed E-state index contributed by atoms with van der Waals surface area (Å²) >= 11 is 0. The van der Waals surface area contributed by atoms with Crippen LogP contribution >= 0.6 is 0 Å². The van der Waals surface area contributed by atoms with Crippen LogP contribution < -0.4 is 4.74 Å².